The molecule has 150 valence electrons. The number of hydrogen-bond acceptors (Lipinski definition) is 6. The van der Waals surface area contributed by atoms with Crippen LogP contribution in [0.3, 0.4) is 0 Å². The van der Waals surface area contributed by atoms with E-state index in [0.29, 0.717) is 18.8 Å². The highest BCUT2D eigenvalue weighted by Gasteiger charge is 2.66. The van der Waals surface area contributed by atoms with Crippen molar-refractivity contribution in [1.29, 1.82) is 0 Å². The average Bonchev–Trinajstić information content (AvgIpc) is 3.48. The number of allylic oxidation sites excluding steroid dienone is 3. The van der Waals surface area contributed by atoms with Crippen LogP contribution in [0.5, 0.6) is 0 Å². The molecule has 0 bridgehead atoms. The highest BCUT2D eigenvalue weighted by Crippen LogP contribution is 2.63. The molecule has 1 saturated heterocycles. The van der Waals surface area contributed by atoms with E-state index in [1.807, 2.05) is 19.2 Å². The van der Waals surface area contributed by atoms with Crippen LogP contribution in [-0.4, -0.2) is 40.1 Å². The fourth-order valence-corrected chi connectivity index (χ4v) is 4.22. The summed E-state index contributed by atoms with van der Waals surface area (Å²) in [6.07, 6.45) is 4.45. The zero-order chi connectivity index (χ0) is 19.6. The van der Waals surface area contributed by atoms with Crippen LogP contribution in [0, 0.1) is 11.8 Å². The second kappa shape index (κ2) is 7.87. The van der Waals surface area contributed by atoms with E-state index in [4.69, 9.17) is 19.0 Å². The van der Waals surface area contributed by atoms with E-state index < -0.39 is 0 Å². The molecule has 3 atom stereocenters. The van der Waals surface area contributed by atoms with Crippen LogP contribution in [0.4, 0.5) is 0 Å². The molecule has 0 radical (unpaired) electrons. The highest BCUT2D eigenvalue weighted by atomic mass is 16.6. The largest absolute Gasteiger partial charge is 0.497 e. The average molecular weight is 384 g/mol. The molecule has 0 aromatic heterocycles. The number of benzene rings is 1. The molecule has 1 N–H and O–H groups in total. The van der Waals surface area contributed by atoms with Crippen LogP contribution in [0.15, 0.2) is 58.8 Å². The van der Waals surface area contributed by atoms with Gasteiger partial charge < -0.3 is 24.4 Å². The third-order valence-electron chi connectivity index (χ3n) is 5.77. The van der Waals surface area contributed by atoms with E-state index in [9.17, 15) is 0 Å². The quantitative estimate of drug-likeness (QED) is 0.550. The summed E-state index contributed by atoms with van der Waals surface area (Å²) < 4.78 is 17.7. The molecule has 6 nitrogen and oxygen atoms in total. The number of nitrogens with zero attached hydrogens (tertiary/aromatic N) is 1. The summed E-state index contributed by atoms with van der Waals surface area (Å²) in [6, 6.07) is 10.4. The van der Waals surface area contributed by atoms with Gasteiger partial charge in [0, 0.05) is 24.8 Å². The maximum atomic E-state index is 6.58. The highest BCUT2D eigenvalue weighted by molar-refractivity contribution is 5.96. The van der Waals surface area contributed by atoms with Gasteiger partial charge in [0.1, 0.15) is 23.7 Å². The standard InChI is InChI=1S/C22H28N2O4/c1-23-10-7-11-27-24-21-16-12-19(25-2)20(26-3)13-18(16)28-22(14-17(21)22)15-8-5-4-6-9-15/h4-6,8-9,13,16-17,23H,7,10-12,14H2,1-3H3. The van der Waals surface area contributed by atoms with Crippen LogP contribution < -0.4 is 5.32 Å². The van der Waals surface area contributed by atoms with Gasteiger partial charge in [-0.25, -0.2) is 0 Å². The Morgan fingerprint density at radius 3 is 2.75 bits per heavy atom. The SMILES string of the molecule is CNCCCON=C1C2CC(OC)=C(OC)C=C2OC2(c3ccccc3)CC12. The first-order valence-corrected chi connectivity index (χ1v) is 9.85. The van der Waals surface area contributed by atoms with E-state index in [2.05, 4.69) is 34.7 Å². The minimum absolute atomic E-state index is 0.0301. The molecule has 3 unspecified atom stereocenters. The predicted octanol–water partition coefficient (Wildman–Crippen LogP) is 3.32. The van der Waals surface area contributed by atoms with Crippen molar-refractivity contribution >= 4 is 5.71 Å². The fraction of sp³-hybridized carbons (Fsp3) is 0.500. The zero-order valence-corrected chi connectivity index (χ0v) is 16.7. The zero-order valence-electron chi connectivity index (χ0n) is 16.7. The van der Waals surface area contributed by atoms with Gasteiger partial charge in [-0.3, -0.25) is 0 Å². The van der Waals surface area contributed by atoms with Crippen molar-refractivity contribution in [1.82, 2.24) is 5.32 Å². The van der Waals surface area contributed by atoms with E-state index in [-0.39, 0.29) is 17.4 Å². The Balaban J connectivity index is 1.65. The number of rotatable bonds is 8. The topological polar surface area (TPSA) is 61.3 Å². The molecule has 28 heavy (non-hydrogen) atoms. The van der Waals surface area contributed by atoms with Crippen LogP contribution >= 0.6 is 0 Å². The van der Waals surface area contributed by atoms with Gasteiger partial charge in [0.25, 0.3) is 0 Å². The van der Waals surface area contributed by atoms with Gasteiger partial charge in [0.15, 0.2) is 5.76 Å². The summed E-state index contributed by atoms with van der Waals surface area (Å²) in [6.45, 7) is 1.51. The minimum Gasteiger partial charge on any atom is -0.497 e. The Morgan fingerprint density at radius 1 is 1.21 bits per heavy atom. The number of nitrogens with one attached hydrogen (secondary N) is 1. The molecule has 0 amide bonds. The minimum atomic E-state index is -0.347. The van der Waals surface area contributed by atoms with E-state index in [1.54, 1.807) is 14.2 Å². The van der Waals surface area contributed by atoms with Crippen molar-refractivity contribution in [3.8, 4) is 0 Å². The molecule has 1 aliphatic heterocycles. The van der Waals surface area contributed by atoms with Gasteiger partial charge in [-0.2, -0.15) is 0 Å². The Bertz CT molecular complexity index is 802. The third-order valence-corrected chi connectivity index (χ3v) is 5.77. The van der Waals surface area contributed by atoms with Gasteiger partial charge in [0.2, 0.25) is 0 Å². The van der Waals surface area contributed by atoms with Crippen molar-refractivity contribution < 1.29 is 19.0 Å². The first-order chi connectivity index (χ1) is 13.7. The molecular weight excluding hydrogens is 356 g/mol. The summed E-state index contributed by atoms with van der Waals surface area (Å²) in [5.74, 6) is 2.67. The summed E-state index contributed by atoms with van der Waals surface area (Å²) in [5.41, 5.74) is 1.89. The smallest absolute Gasteiger partial charge is 0.159 e. The van der Waals surface area contributed by atoms with E-state index >= 15 is 0 Å². The summed E-state index contributed by atoms with van der Waals surface area (Å²) in [5, 5.41) is 7.73. The van der Waals surface area contributed by atoms with Crippen LogP contribution in [0.25, 0.3) is 0 Å². The molecule has 3 aliphatic rings. The molecule has 2 fully saturated rings. The number of ether oxygens (including phenoxy) is 3. The molecule has 1 saturated carbocycles. The molecule has 1 aromatic carbocycles. The fourth-order valence-electron chi connectivity index (χ4n) is 4.22. The second-order valence-electron chi connectivity index (χ2n) is 7.42. The van der Waals surface area contributed by atoms with Gasteiger partial charge >= 0.3 is 0 Å². The molecule has 6 heteroatoms. The molecule has 4 rings (SSSR count). The lowest BCUT2D eigenvalue weighted by Crippen LogP contribution is -2.35. The number of hydrogen-bond donors (Lipinski definition) is 1. The molecule has 1 aromatic rings. The van der Waals surface area contributed by atoms with Crippen LogP contribution in [0.1, 0.15) is 24.8 Å². The first-order valence-electron chi connectivity index (χ1n) is 9.85. The van der Waals surface area contributed by atoms with Crippen LogP contribution in [-0.2, 0) is 24.6 Å². The Labute approximate surface area is 166 Å². The van der Waals surface area contributed by atoms with Crippen molar-refractivity contribution in [2.75, 3.05) is 34.4 Å². The monoisotopic (exact) mass is 384 g/mol. The molecule has 0 spiro atoms. The second-order valence-corrected chi connectivity index (χ2v) is 7.42. The number of methoxy groups -OCH3 is 2. The van der Waals surface area contributed by atoms with Gasteiger partial charge in [-0.05, 0) is 25.6 Å². The molecule has 1 heterocycles. The lowest BCUT2D eigenvalue weighted by Gasteiger charge is -2.35. The number of oxime groups is 1. The number of fused-ring (bicyclic) bond motifs is 2. The maximum Gasteiger partial charge on any atom is 0.159 e. The Morgan fingerprint density at radius 2 is 2.04 bits per heavy atom. The summed E-state index contributed by atoms with van der Waals surface area (Å²) >= 11 is 0. The van der Waals surface area contributed by atoms with Crippen molar-refractivity contribution in [3.05, 3.63) is 59.2 Å². The van der Waals surface area contributed by atoms with Crippen molar-refractivity contribution in [3.63, 3.8) is 0 Å². The first kappa shape index (κ1) is 18.9. The van der Waals surface area contributed by atoms with Gasteiger partial charge in [-0.1, -0.05) is 35.5 Å². The van der Waals surface area contributed by atoms with Gasteiger partial charge in [0.05, 0.1) is 25.8 Å². The molecule has 2 aliphatic carbocycles. The summed E-state index contributed by atoms with van der Waals surface area (Å²) in [7, 11) is 5.27. The Hall–Kier alpha value is -2.47. The summed E-state index contributed by atoms with van der Waals surface area (Å²) in [4.78, 5) is 5.70. The normalized spacial score (nSPS) is 29.4. The van der Waals surface area contributed by atoms with Crippen molar-refractivity contribution in [2.24, 2.45) is 17.0 Å². The van der Waals surface area contributed by atoms with Gasteiger partial charge in [-0.15, -0.1) is 0 Å². The van der Waals surface area contributed by atoms with Crippen molar-refractivity contribution in [2.45, 2.75) is 24.9 Å². The Kier molecular flexibility index (Phi) is 5.31. The third kappa shape index (κ3) is 3.26. The predicted molar refractivity (Wildman–Crippen MR) is 106 cm³/mol. The lowest BCUT2D eigenvalue weighted by atomic mass is 9.85. The van der Waals surface area contributed by atoms with Crippen LogP contribution in [0.2, 0.25) is 0 Å². The maximum absolute atomic E-state index is 6.58. The van der Waals surface area contributed by atoms with E-state index in [1.165, 1.54) is 5.56 Å². The molecular formula is C22H28N2O4. The lowest BCUT2D eigenvalue weighted by molar-refractivity contribution is 0.0480. The van der Waals surface area contributed by atoms with E-state index in [0.717, 1.165) is 36.6 Å².